The average molecular weight is 405 g/mol. The minimum Gasteiger partial charge on any atom is -0.493 e. The number of aromatic nitrogens is 2. The number of para-hydroxylation sites is 1. The molecule has 3 rings (SSSR count). The predicted octanol–water partition coefficient (Wildman–Crippen LogP) is 3.92. The van der Waals surface area contributed by atoms with E-state index in [1.165, 1.54) is 0 Å². The minimum atomic E-state index is -0.210. The number of carbonyl (C=O) groups is 1. The summed E-state index contributed by atoms with van der Waals surface area (Å²) in [5.74, 6) is 0.918. The number of benzene rings is 2. The van der Waals surface area contributed by atoms with Gasteiger partial charge in [0.1, 0.15) is 0 Å². The average Bonchev–Trinajstić information content (AvgIpc) is 3.05. The summed E-state index contributed by atoms with van der Waals surface area (Å²) in [6.45, 7) is 7.98. The van der Waals surface area contributed by atoms with Crippen molar-refractivity contribution in [3.8, 4) is 17.2 Å². The Balaban J connectivity index is 1.60. The summed E-state index contributed by atoms with van der Waals surface area (Å²) in [6.07, 6.45) is 2.57. The van der Waals surface area contributed by atoms with Gasteiger partial charge in [0.15, 0.2) is 18.1 Å². The Kier molecular flexibility index (Phi) is 6.91. The lowest BCUT2D eigenvalue weighted by Crippen LogP contribution is -2.28. The van der Waals surface area contributed by atoms with Crippen LogP contribution in [0, 0.1) is 13.8 Å². The zero-order chi connectivity index (χ0) is 21.5. The fourth-order valence-electron chi connectivity index (χ4n) is 3.26. The maximum Gasteiger partial charge on any atom is 0.258 e. The maximum atomic E-state index is 12.3. The molecule has 1 N–H and O–H groups in total. The number of carbonyl (C=O) groups excluding carboxylic acids is 1. The highest BCUT2D eigenvalue weighted by Crippen LogP contribution is 2.28. The molecule has 0 radical (unpaired) electrons. The number of rotatable bonds is 9. The van der Waals surface area contributed by atoms with E-state index in [-0.39, 0.29) is 12.5 Å². The number of methoxy groups -OCH3 is 1. The first-order valence-electron chi connectivity index (χ1n) is 9.81. The summed E-state index contributed by atoms with van der Waals surface area (Å²) in [6, 6.07) is 15.6. The van der Waals surface area contributed by atoms with E-state index in [0.29, 0.717) is 18.0 Å². The van der Waals surface area contributed by atoms with Gasteiger partial charge in [-0.25, -0.2) is 4.68 Å². The van der Waals surface area contributed by atoms with E-state index in [1.807, 2.05) is 73.1 Å². The number of amides is 1. The molecule has 0 spiro atoms. The molecule has 1 aromatic heterocycles. The van der Waals surface area contributed by atoms with Crippen molar-refractivity contribution >= 4 is 5.91 Å². The van der Waals surface area contributed by atoms with Gasteiger partial charge in [-0.1, -0.05) is 30.3 Å². The Morgan fingerprint density at radius 2 is 1.93 bits per heavy atom. The third-order valence-corrected chi connectivity index (χ3v) is 4.87. The van der Waals surface area contributed by atoms with E-state index in [0.717, 1.165) is 34.6 Å². The first-order valence-corrected chi connectivity index (χ1v) is 9.81. The molecule has 0 aliphatic heterocycles. The largest absolute Gasteiger partial charge is 0.493 e. The fraction of sp³-hybridized carbons (Fsp3) is 0.250. The third kappa shape index (κ3) is 4.89. The molecule has 0 aliphatic carbocycles. The lowest BCUT2D eigenvalue weighted by molar-refractivity contribution is -0.123. The Labute approximate surface area is 177 Å². The second-order valence-corrected chi connectivity index (χ2v) is 6.94. The van der Waals surface area contributed by atoms with Gasteiger partial charge in [-0.15, -0.1) is 6.58 Å². The molecule has 3 aromatic rings. The van der Waals surface area contributed by atoms with Crippen molar-refractivity contribution in [1.29, 1.82) is 0 Å². The summed E-state index contributed by atoms with van der Waals surface area (Å²) in [5.41, 5.74) is 4.95. The van der Waals surface area contributed by atoms with Crippen LogP contribution >= 0.6 is 0 Å². The van der Waals surface area contributed by atoms with Gasteiger partial charge in [0.05, 0.1) is 18.5 Å². The van der Waals surface area contributed by atoms with Crippen LogP contribution in [0.25, 0.3) is 5.69 Å². The van der Waals surface area contributed by atoms with Gasteiger partial charge in [0.25, 0.3) is 5.91 Å². The van der Waals surface area contributed by atoms with Crippen molar-refractivity contribution in [2.24, 2.45) is 0 Å². The number of hydrogen-bond donors (Lipinski definition) is 1. The molecule has 30 heavy (non-hydrogen) atoms. The van der Waals surface area contributed by atoms with Crippen LogP contribution in [0.5, 0.6) is 11.5 Å². The molecule has 1 amide bonds. The van der Waals surface area contributed by atoms with E-state index in [4.69, 9.17) is 9.47 Å². The standard InChI is InChI=1S/C24H27N3O3/c1-5-9-19-12-13-22(23(14-19)29-4)30-16-24(28)25-15-21-17(2)26-27(18(21)3)20-10-7-6-8-11-20/h5-8,10-14H,1,9,15-16H2,2-4H3,(H,25,28). The maximum absolute atomic E-state index is 12.3. The molecule has 156 valence electrons. The summed E-state index contributed by atoms with van der Waals surface area (Å²) in [7, 11) is 1.58. The highest BCUT2D eigenvalue weighted by molar-refractivity contribution is 5.77. The van der Waals surface area contributed by atoms with Crippen LogP contribution in [0.15, 0.2) is 61.2 Å². The van der Waals surface area contributed by atoms with Crippen LogP contribution in [-0.4, -0.2) is 29.4 Å². The lowest BCUT2D eigenvalue weighted by Gasteiger charge is -2.12. The summed E-state index contributed by atoms with van der Waals surface area (Å²) < 4.78 is 12.9. The van der Waals surface area contributed by atoms with Crippen LogP contribution in [0.4, 0.5) is 0 Å². The van der Waals surface area contributed by atoms with Crippen LogP contribution in [0.3, 0.4) is 0 Å². The van der Waals surface area contributed by atoms with Gasteiger partial charge in [0, 0.05) is 17.8 Å². The predicted molar refractivity (Wildman–Crippen MR) is 117 cm³/mol. The molecular formula is C24H27N3O3. The van der Waals surface area contributed by atoms with Crippen molar-refractivity contribution in [3.05, 3.63) is 83.7 Å². The van der Waals surface area contributed by atoms with E-state index in [1.54, 1.807) is 7.11 Å². The number of allylic oxidation sites excluding steroid dienone is 1. The zero-order valence-electron chi connectivity index (χ0n) is 17.6. The van der Waals surface area contributed by atoms with Crippen LogP contribution in [-0.2, 0) is 17.8 Å². The molecule has 0 atom stereocenters. The third-order valence-electron chi connectivity index (χ3n) is 4.87. The smallest absolute Gasteiger partial charge is 0.258 e. The molecule has 0 aliphatic rings. The van der Waals surface area contributed by atoms with Crippen LogP contribution in [0.1, 0.15) is 22.5 Å². The Bertz CT molecular complexity index is 1030. The topological polar surface area (TPSA) is 65.4 Å². The van der Waals surface area contributed by atoms with Crippen LogP contribution in [0.2, 0.25) is 0 Å². The van der Waals surface area contributed by atoms with E-state index < -0.39 is 0 Å². The quantitative estimate of drug-likeness (QED) is 0.548. The van der Waals surface area contributed by atoms with Gasteiger partial charge in [0.2, 0.25) is 0 Å². The molecule has 6 heteroatoms. The van der Waals surface area contributed by atoms with Crippen molar-refractivity contribution in [1.82, 2.24) is 15.1 Å². The monoisotopic (exact) mass is 405 g/mol. The number of nitrogens with one attached hydrogen (secondary N) is 1. The Morgan fingerprint density at radius 1 is 1.17 bits per heavy atom. The van der Waals surface area contributed by atoms with Gasteiger partial charge in [-0.05, 0) is 50.1 Å². The van der Waals surface area contributed by atoms with Crippen molar-refractivity contribution in [2.75, 3.05) is 13.7 Å². The van der Waals surface area contributed by atoms with Gasteiger partial charge >= 0.3 is 0 Å². The van der Waals surface area contributed by atoms with Gasteiger partial charge in [-0.3, -0.25) is 4.79 Å². The van der Waals surface area contributed by atoms with E-state index in [2.05, 4.69) is 17.0 Å². The first kappa shape index (κ1) is 21.2. The number of aryl methyl sites for hydroxylation is 1. The molecule has 6 nitrogen and oxygen atoms in total. The van der Waals surface area contributed by atoms with E-state index in [9.17, 15) is 4.79 Å². The fourth-order valence-corrected chi connectivity index (χ4v) is 3.26. The summed E-state index contributed by atoms with van der Waals surface area (Å²) >= 11 is 0. The highest BCUT2D eigenvalue weighted by Gasteiger charge is 2.14. The zero-order valence-corrected chi connectivity index (χ0v) is 17.6. The molecule has 0 fully saturated rings. The number of hydrogen-bond acceptors (Lipinski definition) is 4. The molecule has 0 saturated carbocycles. The van der Waals surface area contributed by atoms with Crippen LogP contribution < -0.4 is 14.8 Å². The Hall–Kier alpha value is -3.54. The van der Waals surface area contributed by atoms with Crippen molar-refractivity contribution in [2.45, 2.75) is 26.8 Å². The SMILES string of the molecule is C=CCc1ccc(OCC(=O)NCc2c(C)nn(-c3ccccc3)c2C)c(OC)c1. The minimum absolute atomic E-state index is 0.0952. The lowest BCUT2D eigenvalue weighted by atomic mass is 10.1. The summed E-state index contributed by atoms with van der Waals surface area (Å²) in [4.78, 5) is 12.3. The summed E-state index contributed by atoms with van der Waals surface area (Å²) in [5, 5.41) is 7.52. The van der Waals surface area contributed by atoms with Crippen molar-refractivity contribution < 1.29 is 14.3 Å². The second-order valence-electron chi connectivity index (χ2n) is 6.94. The molecule has 2 aromatic carbocycles. The molecule has 0 unspecified atom stereocenters. The molecule has 0 bridgehead atoms. The molecule has 1 heterocycles. The number of nitrogens with zero attached hydrogens (tertiary/aromatic N) is 2. The van der Waals surface area contributed by atoms with E-state index >= 15 is 0 Å². The van der Waals surface area contributed by atoms with Crippen molar-refractivity contribution in [3.63, 3.8) is 0 Å². The van der Waals surface area contributed by atoms with Gasteiger partial charge < -0.3 is 14.8 Å². The molecular weight excluding hydrogens is 378 g/mol. The second kappa shape index (κ2) is 9.78. The molecule has 0 saturated heterocycles. The first-order chi connectivity index (χ1) is 14.5. The van der Waals surface area contributed by atoms with Gasteiger partial charge in [-0.2, -0.15) is 5.10 Å². The Morgan fingerprint density at radius 3 is 2.63 bits per heavy atom. The number of ether oxygens (including phenoxy) is 2. The normalized spacial score (nSPS) is 10.5. The highest BCUT2D eigenvalue weighted by atomic mass is 16.5.